The summed E-state index contributed by atoms with van der Waals surface area (Å²) in [6.45, 7) is 3.94. The van der Waals surface area contributed by atoms with Gasteiger partial charge < -0.3 is 5.32 Å². The van der Waals surface area contributed by atoms with E-state index in [1.165, 1.54) is 0 Å². The lowest BCUT2D eigenvalue weighted by Crippen LogP contribution is -2.26. The minimum absolute atomic E-state index is 0.0985. The number of thiazole rings is 1. The highest BCUT2D eigenvalue weighted by Crippen LogP contribution is 2.20. The maximum absolute atomic E-state index is 12.2. The first-order valence-corrected chi connectivity index (χ1v) is 7.11. The number of aromatic nitrogens is 3. The van der Waals surface area contributed by atoms with Crippen molar-refractivity contribution in [3.05, 3.63) is 46.0 Å². The number of nitrogens with zero attached hydrogens (tertiary/aromatic N) is 2. The molecule has 5 nitrogen and oxygen atoms in total. The van der Waals surface area contributed by atoms with Gasteiger partial charge in [0.05, 0.1) is 17.8 Å². The number of H-pyrrole nitrogens is 1. The fourth-order valence-corrected chi connectivity index (χ4v) is 2.77. The molecule has 0 saturated heterocycles. The van der Waals surface area contributed by atoms with E-state index in [2.05, 4.69) is 20.5 Å². The lowest BCUT2D eigenvalue weighted by Gasteiger charge is -2.11. The minimum atomic E-state index is -0.109. The largest absolute Gasteiger partial charge is 0.343 e. The number of hydrogen-bond acceptors (Lipinski definition) is 4. The Balaban J connectivity index is 1.78. The van der Waals surface area contributed by atoms with Crippen molar-refractivity contribution in [2.75, 3.05) is 0 Å². The summed E-state index contributed by atoms with van der Waals surface area (Å²) in [5, 5.41) is 11.7. The van der Waals surface area contributed by atoms with Crippen LogP contribution in [0.5, 0.6) is 0 Å². The fourth-order valence-electron chi connectivity index (χ4n) is 1.99. The molecule has 3 aromatic rings. The second kappa shape index (κ2) is 5.05. The monoisotopic (exact) mass is 286 g/mol. The SMILES string of the molecule is Cc1cnc(C(C)NC(=O)c2ccc3cn[nH]c3c2)s1. The molecule has 20 heavy (non-hydrogen) atoms. The van der Waals surface area contributed by atoms with Gasteiger partial charge in [-0.3, -0.25) is 9.89 Å². The number of benzene rings is 1. The Bertz CT molecular complexity index is 761. The number of aromatic amines is 1. The quantitative estimate of drug-likeness (QED) is 0.777. The van der Waals surface area contributed by atoms with Gasteiger partial charge in [0.1, 0.15) is 5.01 Å². The van der Waals surface area contributed by atoms with Gasteiger partial charge in [-0.25, -0.2) is 4.98 Å². The van der Waals surface area contributed by atoms with E-state index in [0.29, 0.717) is 5.56 Å². The first-order chi connectivity index (χ1) is 9.63. The standard InChI is InChI=1S/C14H14N4OS/c1-8-6-15-14(20-8)9(2)17-13(19)10-3-4-11-7-16-18-12(11)5-10/h3-7,9H,1-2H3,(H,16,18)(H,17,19). The van der Waals surface area contributed by atoms with Gasteiger partial charge in [0.15, 0.2) is 0 Å². The topological polar surface area (TPSA) is 70.7 Å². The third kappa shape index (κ3) is 2.42. The van der Waals surface area contributed by atoms with Crippen LogP contribution >= 0.6 is 11.3 Å². The van der Waals surface area contributed by atoms with Crippen molar-refractivity contribution in [1.29, 1.82) is 0 Å². The molecule has 2 N–H and O–H groups in total. The minimum Gasteiger partial charge on any atom is -0.343 e. The molecule has 1 aromatic carbocycles. The number of carbonyl (C=O) groups is 1. The lowest BCUT2D eigenvalue weighted by atomic mass is 10.1. The van der Waals surface area contributed by atoms with Crippen molar-refractivity contribution in [2.45, 2.75) is 19.9 Å². The van der Waals surface area contributed by atoms with Crippen LogP contribution in [0, 0.1) is 6.92 Å². The Hall–Kier alpha value is -2.21. The molecule has 1 amide bonds. The van der Waals surface area contributed by atoms with Gasteiger partial charge in [-0.1, -0.05) is 6.07 Å². The number of rotatable bonds is 3. The fraction of sp³-hybridized carbons (Fsp3) is 0.214. The Labute approximate surface area is 120 Å². The maximum Gasteiger partial charge on any atom is 0.251 e. The Kier molecular flexibility index (Phi) is 3.23. The Morgan fingerprint density at radius 3 is 3.00 bits per heavy atom. The van der Waals surface area contributed by atoms with Gasteiger partial charge in [0.25, 0.3) is 5.91 Å². The molecule has 0 fully saturated rings. The van der Waals surface area contributed by atoms with E-state index in [1.54, 1.807) is 29.7 Å². The van der Waals surface area contributed by atoms with Gasteiger partial charge in [-0.05, 0) is 26.0 Å². The predicted octanol–water partition coefficient (Wildman–Crippen LogP) is 2.82. The highest BCUT2D eigenvalue weighted by molar-refractivity contribution is 7.11. The summed E-state index contributed by atoms with van der Waals surface area (Å²) < 4.78 is 0. The number of fused-ring (bicyclic) bond motifs is 1. The van der Waals surface area contributed by atoms with Crippen LogP contribution in [0.1, 0.15) is 33.2 Å². The van der Waals surface area contributed by atoms with E-state index in [1.807, 2.05) is 26.1 Å². The number of nitrogens with one attached hydrogen (secondary N) is 2. The summed E-state index contributed by atoms with van der Waals surface area (Å²) in [4.78, 5) is 17.7. The normalized spacial score (nSPS) is 12.5. The van der Waals surface area contributed by atoms with Crippen molar-refractivity contribution in [3.8, 4) is 0 Å². The third-order valence-corrected chi connectivity index (χ3v) is 4.16. The van der Waals surface area contributed by atoms with Crippen LogP contribution in [0.2, 0.25) is 0 Å². The van der Waals surface area contributed by atoms with E-state index in [4.69, 9.17) is 0 Å². The smallest absolute Gasteiger partial charge is 0.251 e. The molecule has 2 heterocycles. The summed E-state index contributed by atoms with van der Waals surface area (Å²) in [6, 6.07) is 5.38. The maximum atomic E-state index is 12.2. The van der Waals surface area contributed by atoms with Gasteiger partial charge >= 0.3 is 0 Å². The molecule has 0 aliphatic heterocycles. The highest BCUT2D eigenvalue weighted by Gasteiger charge is 2.14. The second-order valence-electron chi connectivity index (χ2n) is 4.68. The first-order valence-electron chi connectivity index (χ1n) is 6.30. The molecule has 0 aliphatic carbocycles. The summed E-state index contributed by atoms with van der Waals surface area (Å²) in [5.74, 6) is -0.109. The van der Waals surface area contributed by atoms with Crippen LogP contribution in [-0.2, 0) is 0 Å². The first kappa shape index (κ1) is 12.8. The summed E-state index contributed by atoms with van der Waals surface area (Å²) in [6.07, 6.45) is 3.55. The molecule has 2 aromatic heterocycles. The zero-order valence-electron chi connectivity index (χ0n) is 11.2. The molecular weight excluding hydrogens is 272 g/mol. The molecular formula is C14H14N4OS. The second-order valence-corrected chi connectivity index (χ2v) is 5.94. The molecule has 0 bridgehead atoms. The van der Waals surface area contributed by atoms with Crippen LogP contribution in [0.15, 0.2) is 30.6 Å². The zero-order chi connectivity index (χ0) is 14.1. The van der Waals surface area contributed by atoms with E-state index >= 15 is 0 Å². The summed E-state index contributed by atoms with van der Waals surface area (Å²) in [5.41, 5.74) is 1.47. The molecule has 0 aliphatic rings. The molecule has 0 saturated carbocycles. The van der Waals surface area contributed by atoms with Crippen molar-refractivity contribution in [3.63, 3.8) is 0 Å². The molecule has 102 valence electrons. The van der Waals surface area contributed by atoms with Crippen LogP contribution in [0.3, 0.4) is 0 Å². The number of carbonyl (C=O) groups excluding carboxylic acids is 1. The molecule has 0 radical (unpaired) electrons. The van der Waals surface area contributed by atoms with Crippen molar-refractivity contribution in [2.24, 2.45) is 0 Å². The number of aryl methyl sites for hydroxylation is 1. The van der Waals surface area contributed by atoms with Crippen molar-refractivity contribution in [1.82, 2.24) is 20.5 Å². The van der Waals surface area contributed by atoms with Crippen molar-refractivity contribution < 1.29 is 4.79 Å². The van der Waals surface area contributed by atoms with Gasteiger partial charge in [-0.2, -0.15) is 5.10 Å². The number of hydrogen-bond donors (Lipinski definition) is 2. The molecule has 1 atom stereocenters. The molecule has 6 heteroatoms. The average Bonchev–Trinajstić information content (AvgIpc) is 3.05. The predicted molar refractivity (Wildman–Crippen MR) is 78.8 cm³/mol. The van der Waals surface area contributed by atoms with E-state index in [-0.39, 0.29) is 11.9 Å². The van der Waals surface area contributed by atoms with Gasteiger partial charge in [0, 0.05) is 22.0 Å². The Morgan fingerprint density at radius 2 is 2.25 bits per heavy atom. The van der Waals surface area contributed by atoms with Crippen LogP contribution < -0.4 is 5.32 Å². The van der Waals surface area contributed by atoms with Crippen molar-refractivity contribution >= 4 is 28.1 Å². The average molecular weight is 286 g/mol. The van der Waals surface area contributed by atoms with Gasteiger partial charge in [-0.15, -0.1) is 11.3 Å². The summed E-state index contributed by atoms with van der Waals surface area (Å²) >= 11 is 1.59. The highest BCUT2D eigenvalue weighted by atomic mass is 32.1. The molecule has 1 unspecified atom stereocenters. The molecule has 0 spiro atoms. The van der Waals surface area contributed by atoms with E-state index in [9.17, 15) is 4.79 Å². The van der Waals surface area contributed by atoms with Crippen LogP contribution in [-0.4, -0.2) is 21.1 Å². The summed E-state index contributed by atoms with van der Waals surface area (Å²) in [7, 11) is 0. The van der Waals surface area contributed by atoms with Gasteiger partial charge in [0.2, 0.25) is 0 Å². The van der Waals surface area contributed by atoms with E-state index < -0.39 is 0 Å². The molecule has 3 rings (SSSR count). The third-order valence-electron chi connectivity index (χ3n) is 3.06. The lowest BCUT2D eigenvalue weighted by molar-refractivity contribution is 0.0940. The van der Waals surface area contributed by atoms with Crippen LogP contribution in [0.25, 0.3) is 10.9 Å². The number of amides is 1. The Morgan fingerprint density at radius 1 is 1.40 bits per heavy atom. The van der Waals surface area contributed by atoms with E-state index in [0.717, 1.165) is 20.8 Å². The zero-order valence-corrected chi connectivity index (χ0v) is 12.0. The van der Waals surface area contributed by atoms with Crippen LogP contribution in [0.4, 0.5) is 0 Å².